The highest BCUT2D eigenvalue weighted by molar-refractivity contribution is 6.35. The van der Waals surface area contributed by atoms with Crippen molar-refractivity contribution in [3.8, 4) is 11.5 Å². The quantitative estimate of drug-likeness (QED) is 0.491. The van der Waals surface area contributed by atoms with Crippen LogP contribution in [0.15, 0.2) is 36.4 Å². The van der Waals surface area contributed by atoms with E-state index in [4.69, 9.17) is 32.7 Å². The van der Waals surface area contributed by atoms with Gasteiger partial charge in [0.15, 0.2) is 11.5 Å². The van der Waals surface area contributed by atoms with Crippen molar-refractivity contribution >= 4 is 23.2 Å². The molecule has 0 saturated heterocycles. The summed E-state index contributed by atoms with van der Waals surface area (Å²) in [5, 5.41) is 16.9. The van der Waals surface area contributed by atoms with Gasteiger partial charge in [-0.3, -0.25) is 0 Å². The van der Waals surface area contributed by atoms with Crippen molar-refractivity contribution in [2.45, 2.75) is 26.2 Å². The second kappa shape index (κ2) is 11.4. The molecule has 2 aromatic carbocycles. The van der Waals surface area contributed by atoms with E-state index < -0.39 is 0 Å². The zero-order valence-corrected chi connectivity index (χ0v) is 17.1. The molecular weight excluding hydrogens is 387 g/mol. The van der Waals surface area contributed by atoms with Crippen LogP contribution in [-0.4, -0.2) is 38.0 Å². The van der Waals surface area contributed by atoms with Crippen molar-refractivity contribution in [1.29, 1.82) is 0 Å². The van der Waals surface area contributed by atoms with Crippen LogP contribution in [0, 0.1) is 0 Å². The molecule has 0 fully saturated rings. The third kappa shape index (κ3) is 7.20. The molecule has 0 aromatic heterocycles. The highest BCUT2D eigenvalue weighted by Gasteiger charge is 2.10. The minimum Gasteiger partial charge on any atom is -0.493 e. The highest BCUT2D eigenvalue weighted by atomic mass is 35.5. The molecule has 0 amide bonds. The second-order valence-electron chi connectivity index (χ2n) is 6.20. The average Bonchev–Trinajstić information content (AvgIpc) is 2.64. The first kappa shape index (κ1) is 21.8. The van der Waals surface area contributed by atoms with Gasteiger partial charge in [-0.1, -0.05) is 35.3 Å². The van der Waals surface area contributed by atoms with E-state index in [-0.39, 0.29) is 12.7 Å². The van der Waals surface area contributed by atoms with E-state index in [1.807, 2.05) is 18.2 Å². The number of rotatable bonds is 11. The zero-order chi connectivity index (χ0) is 19.6. The summed E-state index contributed by atoms with van der Waals surface area (Å²) >= 11 is 12.4. The fourth-order valence-electron chi connectivity index (χ4n) is 2.48. The zero-order valence-electron chi connectivity index (χ0n) is 15.6. The predicted molar refractivity (Wildman–Crippen MR) is 110 cm³/mol. The molecule has 2 rings (SSSR count). The van der Waals surface area contributed by atoms with Crippen molar-refractivity contribution in [3.05, 3.63) is 57.6 Å². The Labute approximate surface area is 170 Å². The molecule has 2 aromatic rings. The molecule has 148 valence electrons. The van der Waals surface area contributed by atoms with Gasteiger partial charge >= 0.3 is 0 Å². The smallest absolute Gasteiger partial charge is 0.161 e. The fourth-order valence-corrected chi connectivity index (χ4v) is 2.99. The summed E-state index contributed by atoms with van der Waals surface area (Å²) in [6.07, 6.45) is -0.331. The number of ether oxygens (including phenoxy) is 2. The molecule has 1 atom stereocenters. The Kier molecular flexibility index (Phi) is 9.18. The molecule has 3 N–H and O–H groups in total. The van der Waals surface area contributed by atoms with Gasteiger partial charge in [0, 0.05) is 41.8 Å². The molecule has 5 nitrogen and oxygen atoms in total. The summed E-state index contributed by atoms with van der Waals surface area (Å²) in [5.41, 5.74) is 1.84. The monoisotopic (exact) mass is 412 g/mol. The fraction of sp³-hybridized carbons (Fsp3) is 0.400. The van der Waals surface area contributed by atoms with Gasteiger partial charge in [-0.2, -0.15) is 0 Å². The van der Waals surface area contributed by atoms with E-state index in [2.05, 4.69) is 10.6 Å². The Bertz CT molecular complexity index is 706. The maximum Gasteiger partial charge on any atom is 0.161 e. The Morgan fingerprint density at radius 2 is 1.74 bits per heavy atom. The maximum absolute atomic E-state index is 9.19. The largest absolute Gasteiger partial charge is 0.493 e. The van der Waals surface area contributed by atoms with Gasteiger partial charge in [-0.15, -0.1) is 0 Å². The summed E-state index contributed by atoms with van der Waals surface area (Å²) in [4.78, 5) is 0. The lowest BCUT2D eigenvalue weighted by atomic mass is 10.2. The molecule has 0 aliphatic carbocycles. The van der Waals surface area contributed by atoms with Gasteiger partial charge in [0.25, 0.3) is 0 Å². The molecule has 0 unspecified atom stereocenters. The van der Waals surface area contributed by atoms with Crippen LogP contribution >= 0.6 is 23.2 Å². The molecule has 0 heterocycles. The van der Waals surface area contributed by atoms with Gasteiger partial charge in [-0.25, -0.2) is 0 Å². The average molecular weight is 413 g/mol. The summed E-state index contributed by atoms with van der Waals surface area (Å²) in [5.74, 6) is 1.29. The van der Waals surface area contributed by atoms with Crippen molar-refractivity contribution < 1.29 is 14.6 Å². The van der Waals surface area contributed by atoms with E-state index >= 15 is 0 Å². The number of aliphatic hydroxyl groups excluding tert-OH is 1. The van der Waals surface area contributed by atoms with E-state index in [1.54, 1.807) is 32.2 Å². The molecule has 0 spiro atoms. The number of hydrogen-bond acceptors (Lipinski definition) is 5. The topological polar surface area (TPSA) is 62.8 Å². The maximum atomic E-state index is 9.19. The molecule has 0 aliphatic heterocycles. The van der Waals surface area contributed by atoms with Gasteiger partial charge in [0.1, 0.15) is 6.61 Å². The molecule has 0 aliphatic rings. The normalized spacial score (nSPS) is 12.0. The van der Waals surface area contributed by atoms with E-state index in [9.17, 15) is 5.11 Å². The Morgan fingerprint density at radius 1 is 1.04 bits per heavy atom. The summed E-state index contributed by atoms with van der Waals surface area (Å²) in [6.45, 7) is 4.93. The standard InChI is InChI=1S/C20H26Cl2N2O3/c1-14(25)11-23-8-9-24-12-15-6-7-19(20(10-15)26-2)27-13-16-17(21)4-3-5-18(16)22/h3-7,10,14,23-25H,8-9,11-13H2,1-2H3/t14-/m0/s1. The lowest BCUT2D eigenvalue weighted by Crippen LogP contribution is -2.31. The van der Waals surface area contributed by atoms with Crippen molar-refractivity contribution in [1.82, 2.24) is 10.6 Å². The van der Waals surface area contributed by atoms with Gasteiger partial charge < -0.3 is 25.2 Å². The predicted octanol–water partition coefficient (Wildman–Crippen LogP) is 3.64. The highest BCUT2D eigenvalue weighted by Crippen LogP contribution is 2.31. The number of aliphatic hydroxyl groups is 1. The van der Waals surface area contributed by atoms with Crippen LogP contribution in [0.25, 0.3) is 0 Å². The number of methoxy groups -OCH3 is 1. The molecule has 27 heavy (non-hydrogen) atoms. The number of hydrogen-bond donors (Lipinski definition) is 3. The minimum absolute atomic E-state index is 0.265. The molecule has 0 radical (unpaired) electrons. The first-order chi connectivity index (χ1) is 13.0. The first-order valence-corrected chi connectivity index (χ1v) is 9.59. The SMILES string of the molecule is COc1cc(CNCCNC[C@H](C)O)ccc1OCc1c(Cl)cccc1Cl. The molecule has 7 heteroatoms. The third-order valence-corrected chi connectivity index (χ3v) is 4.62. The van der Waals surface area contributed by atoms with E-state index in [1.165, 1.54) is 0 Å². The Hall–Kier alpha value is -1.50. The summed E-state index contributed by atoms with van der Waals surface area (Å²) < 4.78 is 11.3. The van der Waals surface area contributed by atoms with E-state index in [0.717, 1.165) is 24.2 Å². The molecular formula is C20H26Cl2N2O3. The Morgan fingerprint density at radius 3 is 2.41 bits per heavy atom. The summed E-state index contributed by atoms with van der Waals surface area (Å²) in [6, 6.07) is 11.2. The van der Waals surface area contributed by atoms with Crippen LogP contribution in [0.2, 0.25) is 10.0 Å². The van der Waals surface area contributed by atoms with Crippen LogP contribution in [-0.2, 0) is 13.2 Å². The van der Waals surface area contributed by atoms with Crippen LogP contribution in [0.1, 0.15) is 18.1 Å². The lowest BCUT2D eigenvalue weighted by Gasteiger charge is -2.14. The van der Waals surface area contributed by atoms with Gasteiger partial charge in [0.2, 0.25) is 0 Å². The summed E-state index contributed by atoms with van der Waals surface area (Å²) in [7, 11) is 1.61. The third-order valence-electron chi connectivity index (χ3n) is 3.91. The van der Waals surface area contributed by atoms with Crippen LogP contribution in [0.5, 0.6) is 11.5 Å². The number of nitrogens with one attached hydrogen (secondary N) is 2. The second-order valence-corrected chi connectivity index (χ2v) is 7.02. The van der Waals surface area contributed by atoms with Crippen LogP contribution in [0.3, 0.4) is 0 Å². The molecule has 0 saturated carbocycles. The van der Waals surface area contributed by atoms with Crippen LogP contribution < -0.4 is 20.1 Å². The Balaban J connectivity index is 1.88. The minimum atomic E-state index is -0.331. The van der Waals surface area contributed by atoms with Crippen molar-refractivity contribution in [2.75, 3.05) is 26.7 Å². The van der Waals surface area contributed by atoms with Gasteiger partial charge in [0.05, 0.1) is 13.2 Å². The van der Waals surface area contributed by atoms with Gasteiger partial charge in [-0.05, 0) is 36.8 Å². The molecule has 0 bridgehead atoms. The van der Waals surface area contributed by atoms with Crippen LogP contribution in [0.4, 0.5) is 0 Å². The van der Waals surface area contributed by atoms with E-state index in [0.29, 0.717) is 34.6 Å². The van der Waals surface area contributed by atoms with Crippen molar-refractivity contribution in [3.63, 3.8) is 0 Å². The lowest BCUT2D eigenvalue weighted by molar-refractivity contribution is 0.191. The first-order valence-electron chi connectivity index (χ1n) is 8.83. The number of benzene rings is 2. The number of halogens is 2. The van der Waals surface area contributed by atoms with Crippen molar-refractivity contribution in [2.24, 2.45) is 0 Å².